The lowest BCUT2D eigenvalue weighted by molar-refractivity contribution is 0.195. The Morgan fingerprint density at radius 3 is 2.50 bits per heavy atom. The smallest absolute Gasteiger partial charge is 0.302 e. The molecule has 0 aromatic carbocycles. The second kappa shape index (κ2) is 5.74. The van der Waals surface area contributed by atoms with Gasteiger partial charge >= 0.3 is 5.69 Å². The van der Waals surface area contributed by atoms with Crippen LogP contribution in [0.15, 0.2) is 17.2 Å². The third kappa shape index (κ3) is 3.05. The summed E-state index contributed by atoms with van der Waals surface area (Å²) < 4.78 is 3.60. The minimum absolute atomic E-state index is 0.108. The van der Waals surface area contributed by atoms with E-state index in [1.807, 2.05) is 30.8 Å². The lowest BCUT2D eigenvalue weighted by Gasteiger charge is -2.29. The van der Waals surface area contributed by atoms with E-state index < -0.39 is 0 Å². The predicted octanol–water partition coefficient (Wildman–Crippen LogP) is 1.78. The van der Waals surface area contributed by atoms with Gasteiger partial charge < -0.3 is 4.90 Å². The maximum atomic E-state index is 12.0. The van der Waals surface area contributed by atoms with Gasteiger partial charge in [0, 0.05) is 31.5 Å². The SMILES string of the molecule is [CH2]C1CCN(CCn2ccn(C(C)C)c2=O)CC1. The first-order valence-electron chi connectivity index (χ1n) is 6.90. The van der Waals surface area contributed by atoms with Crippen molar-refractivity contribution in [2.75, 3.05) is 19.6 Å². The Balaban J connectivity index is 1.89. The summed E-state index contributed by atoms with van der Waals surface area (Å²) >= 11 is 0. The molecule has 18 heavy (non-hydrogen) atoms. The van der Waals surface area contributed by atoms with Gasteiger partial charge in [0.2, 0.25) is 0 Å². The van der Waals surface area contributed by atoms with Crippen LogP contribution in [-0.4, -0.2) is 33.7 Å². The van der Waals surface area contributed by atoms with Gasteiger partial charge in [-0.05, 0) is 45.7 Å². The first-order chi connectivity index (χ1) is 8.58. The molecule has 1 aliphatic heterocycles. The molecule has 101 valence electrons. The van der Waals surface area contributed by atoms with Gasteiger partial charge in [-0.15, -0.1) is 0 Å². The molecule has 0 atom stereocenters. The van der Waals surface area contributed by atoms with Crippen molar-refractivity contribution in [2.24, 2.45) is 5.92 Å². The summed E-state index contributed by atoms with van der Waals surface area (Å²) in [5.74, 6) is 0.617. The van der Waals surface area contributed by atoms with Crippen LogP contribution < -0.4 is 5.69 Å². The number of aromatic nitrogens is 2. The summed E-state index contributed by atoms with van der Waals surface area (Å²) in [6.45, 7) is 12.2. The minimum Gasteiger partial charge on any atom is -0.302 e. The topological polar surface area (TPSA) is 30.2 Å². The molecule has 0 spiro atoms. The van der Waals surface area contributed by atoms with Crippen molar-refractivity contribution in [1.29, 1.82) is 0 Å². The van der Waals surface area contributed by atoms with Crippen LogP contribution >= 0.6 is 0 Å². The van der Waals surface area contributed by atoms with Crippen molar-refractivity contribution >= 4 is 0 Å². The van der Waals surface area contributed by atoms with Crippen molar-refractivity contribution < 1.29 is 0 Å². The number of hydrogen-bond donors (Lipinski definition) is 0. The molecule has 1 saturated heterocycles. The van der Waals surface area contributed by atoms with Gasteiger partial charge in [-0.2, -0.15) is 0 Å². The molecule has 1 aromatic heterocycles. The van der Waals surface area contributed by atoms with E-state index >= 15 is 0 Å². The zero-order valence-corrected chi connectivity index (χ0v) is 11.5. The Bertz CT molecular complexity index is 424. The van der Waals surface area contributed by atoms with Gasteiger partial charge in [0.25, 0.3) is 0 Å². The minimum atomic E-state index is 0.108. The van der Waals surface area contributed by atoms with Gasteiger partial charge in [0.15, 0.2) is 0 Å². The van der Waals surface area contributed by atoms with E-state index in [4.69, 9.17) is 0 Å². The normalized spacial score (nSPS) is 18.7. The first-order valence-corrected chi connectivity index (χ1v) is 6.90. The molecule has 2 heterocycles. The van der Waals surface area contributed by atoms with Crippen LogP contribution in [0.5, 0.6) is 0 Å². The molecule has 0 aliphatic carbocycles. The maximum absolute atomic E-state index is 12.0. The Morgan fingerprint density at radius 2 is 1.94 bits per heavy atom. The Morgan fingerprint density at radius 1 is 1.28 bits per heavy atom. The molecule has 1 fully saturated rings. The zero-order valence-electron chi connectivity index (χ0n) is 11.5. The molecule has 1 aliphatic rings. The highest BCUT2D eigenvalue weighted by Crippen LogP contribution is 2.15. The van der Waals surface area contributed by atoms with Crippen LogP contribution in [0, 0.1) is 12.8 Å². The molecule has 1 radical (unpaired) electrons. The van der Waals surface area contributed by atoms with E-state index in [-0.39, 0.29) is 11.7 Å². The van der Waals surface area contributed by atoms with Gasteiger partial charge in [-0.1, -0.05) is 6.92 Å². The zero-order chi connectivity index (χ0) is 13.1. The fourth-order valence-electron chi connectivity index (χ4n) is 2.45. The molecule has 1 aromatic rings. The summed E-state index contributed by atoms with van der Waals surface area (Å²) in [5, 5.41) is 0. The van der Waals surface area contributed by atoms with E-state index in [1.165, 1.54) is 12.8 Å². The summed E-state index contributed by atoms with van der Waals surface area (Å²) in [7, 11) is 0. The van der Waals surface area contributed by atoms with E-state index in [9.17, 15) is 4.79 Å². The van der Waals surface area contributed by atoms with Gasteiger partial charge in [-0.3, -0.25) is 9.13 Å². The van der Waals surface area contributed by atoms with Crippen molar-refractivity contribution in [1.82, 2.24) is 14.0 Å². The van der Waals surface area contributed by atoms with Crippen LogP contribution in [0.1, 0.15) is 32.7 Å². The van der Waals surface area contributed by atoms with Gasteiger partial charge in [0.1, 0.15) is 0 Å². The Labute approximate surface area is 109 Å². The van der Waals surface area contributed by atoms with E-state index in [1.54, 1.807) is 4.57 Å². The van der Waals surface area contributed by atoms with Crippen molar-refractivity contribution in [3.8, 4) is 0 Å². The summed E-state index contributed by atoms with van der Waals surface area (Å²) in [6, 6.07) is 0.237. The number of rotatable bonds is 4. The molecule has 0 amide bonds. The largest absolute Gasteiger partial charge is 0.328 e. The quantitative estimate of drug-likeness (QED) is 0.815. The van der Waals surface area contributed by atoms with E-state index in [0.29, 0.717) is 5.92 Å². The van der Waals surface area contributed by atoms with Crippen LogP contribution in [0.2, 0.25) is 0 Å². The summed E-state index contributed by atoms with van der Waals surface area (Å²) in [5.41, 5.74) is 0.108. The molecule has 4 nitrogen and oxygen atoms in total. The molecular weight excluding hydrogens is 226 g/mol. The molecular formula is C14H24N3O. The van der Waals surface area contributed by atoms with Crippen LogP contribution in [0.3, 0.4) is 0 Å². The van der Waals surface area contributed by atoms with Gasteiger partial charge in [-0.25, -0.2) is 4.79 Å². The predicted molar refractivity (Wildman–Crippen MR) is 73.6 cm³/mol. The Kier molecular flexibility index (Phi) is 4.27. The lowest BCUT2D eigenvalue weighted by Crippen LogP contribution is -2.37. The molecule has 0 unspecified atom stereocenters. The maximum Gasteiger partial charge on any atom is 0.328 e. The fourth-order valence-corrected chi connectivity index (χ4v) is 2.45. The lowest BCUT2D eigenvalue weighted by atomic mass is 9.99. The second-order valence-corrected chi connectivity index (χ2v) is 5.56. The van der Waals surface area contributed by atoms with Crippen molar-refractivity contribution in [3.63, 3.8) is 0 Å². The van der Waals surface area contributed by atoms with Crippen LogP contribution in [-0.2, 0) is 6.54 Å². The molecule has 0 bridgehead atoms. The molecule has 4 heteroatoms. The molecule has 0 N–H and O–H groups in total. The number of hydrogen-bond acceptors (Lipinski definition) is 2. The monoisotopic (exact) mass is 250 g/mol. The molecule has 2 rings (SSSR count). The van der Waals surface area contributed by atoms with Crippen molar-refractivity contribution in [3.05, 3.63) is 29.8 Å². The highest BCUT2D eigenvalue weighted by molar-refractivity contribution is 4.84. The Hall–Kier alpha value is -1.03. The van der Waals surface area contributed by atoms with Crippen LogP contribution in [0.25, 0.3) is 0 Å². The third-order valence-corrected chi connectivity index (χ3v) is 3.79. The van der Waals surface area contributed by atoms with Crippen molar-refractivity contribution in [2.45, 2.75) is 39.3 Å². The highest BCUT2D eigenvalue weighted by atomic mass is 16.1. The summed E-state index contributed by atoms with van der Waals surface area (Å²) in [6.07, 6.45) is 6.15. The second-order valence-electron chi connectivity index (χ2n) is 5.56. The number of nitrogens with zero attached hydrogens (tertiary/aromatic N) is 3. The number of likely N-dealkylation sites (tertiary alicyclic amines) is 1. The number of piperidine rings is 1. The molecule has 0 saturated carbocycles. The average molecular weight is 250 g/mol. The van der Waals surface area contributed by atoms with Crippen LogP contribution in [0.4, 0.5) is 0 Å². The van der Waals surface area contributed by atoms with E-state index in [0.717, 1.165) is 26.2 Å². The highest BCUT2D eigenvalue weighted by Gasteiger charge is 2.15. The first kappa shape index (κ1) is 13.4. The third-order valence-electron chi connectivity index (χ3n) is 3.79. The van der Waals surface area contributed by atoms with Gasteiger partial charge in [0.05, 0.1) is 0 Å². The average Bonchev–Trinajstić information content (AvgIpc) is 2.70. The van der Waals surface area contributed by atoms with E-state index in [2.05, 4.69) is 11.8 Å². The summed E-state index contributed by atoms with van der Waals surface area (Å²) in [4.78, 5) is 14.5. The fraction of sp³-hybridized carbons (Fsp3) is 0.714. The number of imidazole rings is 1. The standard InChI is InChI=1S/C14H24N3O/c1-12(2)17-11-10-16(14(17)18)9-8-15-6-4-13(3)5-7-15/h10-13H,3-9H2,1-2H3.